The number of hydrogen-bond donors (Lipinski definition) is 3. The van der Waals surface area contributed by atoms with Gasteiger partial charge < -0.3 is 10.8 Å². The Morgan fingerprint density at radius 1 is 1.55 bits per heavy atom. The number of aliphatic hydroxyl groups excluding tert-OH is 1. The molecular formula is C6H8Cl2N2O. The molecule has 0 aliphatic carbocycles. The predicted octanol–water partition coefficient (Wildman–Crippen LogP) is 2.07. The lowest BCUT2D eigenvalue weighted by molar-refractivity contribution is 0.412. The molecule has 62 valence electrons. The predicted molar refractivity (Wildman–Crippen MR) is 47.0 cm³/mol. The van der Waals surface area contributed by atoms with Crippen molar-refractivity contribution in [3.05, 3.63) is 22.6 Å². The first-order valence-electron chi connectivity index (χ1n) is 2.72. The van der Waals surface area contributed by atoms with Gasteiger partial charge in [0.15, 0.2) is 0 Å². The minimum Gasteiger partial charge on any atom is -0.512 e. The summed E-state index contributed by atoms with van der Waals surface area (Å²) in [5.74, 6) is -0.0893. The molecule has 0 aliphatic heterocycles. The zero-order valence-corrected chi connectivity index (χ0v) is 7.37. The van der Waals surface area contributed by atoms with Crippen LogP contribution in [0.5, 0.6) is 0 Å². The molecule has 0 unspecified atom stereocenters. The number of allylic oxidation sites excluding steroid dienone is 3. The molecule has 0 aromatic carbocycles. The molecule has 5 heteroatoms. The Labute approximate surface area is 74.6 Å². The van der Waals surface area contributed by atoms with E-state index in [0.29, 0.717) is 0 Å². The molecule has 0 fully saturated rings. The molecular weight excluding hydrogens is 187 g/mol. The summed E-state index contributed by atoms with van der Waals surface area (Å²) in [6, 6.07) is 0. The average molecular weight is 195 g/mol. The van der Waals surface area contributed by atoms with E-state index in [0.717, 1.165) is 0 Å². The first-order valence-corrected chi connectivity index (χ1v) is 3.47. The van der Waals surface area contributed by atoms with E-state index in [4.69, 9.17) is 39.5 Å². The Hall–Kier alpha value is -0.670. The van der Waals surface area contributed by atoms with Crippen LogP contribution in [0.15, 0.2) is 22.6 Å². The summed E-state index contributed by atoms with van der Waals surface area (Å²) in [7, 11) is 0. The monoisotopic (exact) mass is 194 g/mol. The molecule has 0 aromatic rings. The van der Waals surface area contributed by atoms with Crippen LogP contribution in [0.1, 0.15) is 6.92 Å². The third-order valence-corrected chi connectivity index (χ3v) is 1.22. The molecule has 0 aromatic heterocycles. The van der Waals surface area contributed by atoms with E-state index in [2.05, 4.69) is 0 Å². The van der Waals surface area contributed by atoms with Gasteiger partial charge in [0.2, 0.25) is 0 Å². The average Bonchev–Trinajstić information content (AvgIpc) is 1.81. The van der Waals surface area contributed by atoms with Gasteiger partial charge in [-0.3, -0.25) is 5.41 Å². The summed E-state index contributed by atoms with van der Waals surface area (Å²) in [4.78, 5) is 0. The van der Waals surface area contributed by atoms with Crippen LogP contribution in [0, 0.1) is 5.41 Å². The minimum absolute atomic E-state index is 0.0289. The molecule has 0 radical (unpaired) electrons. The lowest BCUT2D eigenvalue weighted by atomic mass is 10.2. The summed E-state index contributed by atoms with van der Waals surface area (Å²) in [5, 5.41) is 15.6. The Kier molecular flexibility index (Phi) is 4.00. The second-order valence-electron chi connectivity index (χ2n) is 1.84. The van der Waals surface area contributed by atoms with Gasteiger partial charge in [-0.05, 0) is 13.0 Å². The first kappa shape index (κ1) is 10.3. The molecule has 0 spiro atoms. The number of aliphatic hydroxyl groups is 1. The van der Waals surface area contributed by atoms with Crippen molar-refractivity contribution in [3.8, 4) is 0 Å². The number of nitrogens with one attached hydrogen (secondary N) is 1. The van der Waals surface area contributed by atoms with Gasteiger partial charge in [0.1, 0.15) is 5.17 Å². The van der Waals surface area contributed by atoms with E-state index in [1.54, 1.807) is 0 Å². The standard InChI is InChI=1S/C6H8Cl2N2O/c1-3(11)4(6(8)10)2-5(7)9/h2,10-11H,9H2,1H3/b4-3?,5-2-,10-6?. The summed E-state index contributed by atoms with van der Waals surface area (Å²) in [6.45, 7) is 1.39. The van der Waals surface area contributed by atoms with E-state index in [1.165, 1.54) is 13.0 Å². The van der Waals surface area contributed by atoms with Gasteiger partial charge >= 0.3 is 0 Å². The Morgan fingerprint density at radius 3 is 2.09 bits per heavy atom. The lowest BCUT2D eigenvalue weighted by Gasteiger charge is -1.98. The summed E-state index contributed by atoms with van der Waals surface area (Å²) < 4.78 is 0. The van der Waals surface area contributed by atoms with Gasteiger partial charge in [-0.15, -0.1) is 0 Å². The normalized spacial score (nSPS) is 14.3. The molecule has 0 saturated heterocycles. The molecule has 4 N–H and O–H groups in total. The summed E-state index contributed by atoms with van der Waals surface area (Å²) in [5.41, 5.74) is 5.22. The smallest absolute Gasteiger partial charge is 0.131 e. The molecule has 3 nitrogen and oxygen atoms in total. The number of rotatable bonds is 2. The van der Waals surface area contributed by atoms with Crippen LogP contribution in [0.4, 0.5) is 0 Å². The second kappa shape index (κ2) is 4.26. The fourth-order valence-corrected chi connectivity index (χ4v) is 0.765. The van der Waals surface area contributed by atoms with Crippen LogP contribution >= 0.6 is 23.2 Å². The second-order valence-corrected chi connectivity index (χ2v) is 2.66. The summed E-state index contributed by atoms with van der Waals surface area (Å²) in [6.07, 6.45) is 1.21. The number of nitrogens with two attached hydrogens (primary N) is 1. The maximum atomic E-state index is 8.93. The van der Waals surface area contributed by atoms with Crippen molar-refractivity contribution in [1.29, 1.82) is 5.41 Å². The highest BCUT2D eigenvalue weighted by Gasteiger charge is 2.03. The Bertz CT molecular complexity index is 225. The SMILES string of the molecule is CC(O)=C(/C=C(\N)Cl)C(=N)Cl. The lowest BCUT2D eigenvalue weighted by Crippen LogP contribution is -1.97. The molecule has 0 saturated carbocycles. The third-order valence-electron chi connectivity index (χ3n) is 0.908. The largest absolute Gasteiger partial charge is 0.512 e. The van der Waals surface area contributed by atoms with E-state index < -0.39 is 0 Å². The van der Waals surface area contributed by atoms with Crippen LogP contribution < -0.4 is 5.73 Å². The van der Waals surface area contributed by atoms with Gasteiger partial charge in [0, 0.05) is 0 Å². The van der Waals surface area contributed by atoms with Crippen LogP contribution in [-0.2, 0) is 0 Å². The van der Waals surface area contributed by atoms with Crippen LogP contribution in [0.25, 0.3) is 0 Å². The van der Waals surface area contributed by atoms with Gasteiger partial charge in [0.05, 0.1) is 16.5 Å². The highest BCUT2D eigenvalue weighted by molar-refractivity contribution is 6.69. The van der Waals surface area contributed by atoms with Gasteiger partial charge in [-0.2, -0.15) is 0 Å². The van der Waals surface area contributed by atoms with E-state index in [-0.39, 0.29) is 21.7 Å². The highest BCUT2D eigenvalue weighted by Crippen LogP contribution is 2.10. The van der Waals surface area contributed by atoms with Crippen molar-refractivity contribution in [3.63, 3.8) is 0 Å². The van der Waals surface area contributed by atoms with Crippen molar-refractivity contribution < 1.29 is 5.11 Å². The molecule has 0 rings (SSSR count). The van der Waals surface area contributed by atoms with E-state index >= 15 is 0 Å². The molecule has 11 heavy (non-hydrogen) atoms. The Morgan fingerprint density at radius 2 is 2.00 bits per heavy atom. The summed E-state index contributed by atoms with van der Waals surface area (Å²) >= 11 is 10.6. The third kappa shape index (κ3) is 3.91. The molecule has 0 atom stereocenters. The zero-order chi connectivity index (χ0) is 9.02. The zero-order valence-electron chi connectivity index (χ0n) is 5.86. The van der Waals surface area contributed by atoms with Crippen LogP contribution in [-0.4, -0.2) is 10.3 Å². The van der Waals surface area contributed by atoms with Crippen molar-refractivity contribution >= 4 is 28.4 Å². The fraction of sp³-hybridized carbons (Fsp3) is 0.167. The van der Waals surface area contributed by atoms with E-state index in [9.17, 15) is 0 Å². The van der Waals surface area contributed by atoms with Crippen molar-refractivity contribution in [2.75, 3.05) is 0 Å². The van der Waals surface area contributed by atoms with Gasteiger partial charge in [0.25, 0.3) is 0 Å². The highest BCUT2D eigenvalue weighted by atomic mass is 35.5. The molecule has 0 heterocycles. The van der Waals surface area contributed by atoms with Crippen molar-refractivity contribution in [2.45, 2.75) is 6.92 Å². The maximum absolute atomic E-state index is 8.93. The topological polar surface area (TPSA) is 70.1 Å². The first-order chi connectivity index (χ1) is 4.95. The minimum atomic E-state index is -0.298. The van der Waals surface area contributed by atoms with E-state index in [1.807, 2.05) is 0 Å². The van der Waals surface area contributed by atoms with Gasteiger partial charge in [-0.1, -0.05) is 23.2 Å². The van der Waals surface area contributed by atoms with Crippen molar-refractivity contribution in [1.82, 2.24) is 0 Å². The molecule has 0 aliphatic rings. The quantitative estimate of drug-likeness (QED) is 0.273. The molecule has 0 amide bonds. The number of halogens is 2. The fourth-order valence-electron chi connectivity index (χ4n) is 0.465. The number of hydrogen-bond acceptors (Lipinski definition) is 3. The molecule has 0 bridgehead atoms. The Balaban J connectivity index is 4.81. The van der Waals surface area contributed by atoms with Crippen LogP contribution in [0.3, 0.4) is 0 Å². The van der Waals surface area contributed by atoms with Gasteiger partial charge in [-0.25, -0.2) is 0 Å². The maximum Gasteiger partial charge on any atom is 0.131 e. The van der Waals surface area contributed by atoms with Crippen LogP contribution in [0.2, 0.25) is 0 Å². The van der Waals surface area contributed by atoms with Crippen molar-refractivity contribution in [2.24, 2.45) is 5.73 Å².